The molecule has 2 aliphatic rings. The van der Waals surface area contributed by atoms with Crippen molar-refractivity contribution in [3.8, 4) is 28.0 Å². The smallest absolute Gasteiger partial charge is 0.147 e. The minimum Gasteiger partial charge on any atom is -0.147 e. The van der Waals surface area contributed by atoms with Gasteiger partial charge in [-0.2, -0.15) is 0 Å². The Morgan fingerprint density at radius 1 is 0.646 bits per heavy atom. The Morgan fingerprint density at radius 2 is 1.23 bits per heavy atom. The van der Waals surface area contributed by atoms with E-state index in [0.29, 0.717) is 7.25 Å². The van der Waals surface area contributed by atoms with Crippen molar-refractivity contribution in [3.63, 3.8) is 0 Å². The summed E-state index contributed by atoms with van der Waals surface area (Å²) in [5, 5.41) is 0. The number of halogens is 2. The van der Waals surface area contributed by atoms with Crippen LogP contribution in [0.5, 0.6) is 5.75 Å². The fourth-order valence-electron chi connectivity index (χ4n) is 7.83. The van der Waals surface area contributed by atoms with Crippen molar-refractivity contribution in [2.45, 2.75) is 86.6 Å². The van der Waals surface area contributed by atoms with Crippen LogP contribution in [0.15, 0.2) is 90.0 Å². The molecule has 0 radical (unpaired) electrons. The molecule has 0 fully saturated rings. The summed E-state index contributed by atoms with van der Waals surface area (Å²) in [6.45, 7) is 24.0. The van der Waals surface area contributed by atoms with E-state index in [9.17, 15) is 0 Å². The van der Waals surface area contributed by atoms with Gasteiger partial charge in [0.05, 0.1) is 0 Å². The average Bonchev–Trinajstić information content (AvgIpc) is 3.51. The molecule has 0 bridgehead atoms. The number of ether oxygens (including phenoxy) is 1. The van der Waals surface area contributed by atoms with Gasteiger partial charge in [0.2, 0.25) is 0 Å². The summed E-state index contributed by atoms with van der Waals surface area (Å²) in [5.41, 5.74) is 16.7. The largest absolute Gasteiger partial charge is 0.147 e. The molecule has 1 nitrogen and oxygen atoms in total. The van der Waals surface area contributed by atoms with Crippen molar-refractivity contribution >= 4 is 42.4 Å². The molecule has 0 aromatic heterocycles. The number of benzene rings is 4. The molecular weight excluding hydrogens is 723 g/mol. The molecule has 0 spiro atoms. The molecule has 4 aromatic rings. The summed E-state index contributed by atoms with van der Waals surface area (Å²) in [5.74, 6) is 1.04. The topological polar surface area (TPSA) is 9.23 Å². The Kier molecular flexibility index (Phi) is 11.7. The number of allylic oxidation sites excluding steroid dienone is 2. The van der Waals surface area contributed by atoms with Gasteiger partial charge in [0.1, 0.15) is 0 Å². The number of hydrogen-bond donors (Lipinski definition) is 0. The van der Waals surface area contributed by atoms with E-state index in [4.69, 9.17) is 4.74 Å². The third kappa shape index (κ3) is 6.92. The van der Waals surface area contributed by atoms with Gasteiger partial charge in [-0.1, -0.05) is 0 Å². The monoisotopic (exact) mass is 772 g/mol. The van der Waals surface area contributed by atoms with E-state index in [0.717, 1.165) is 5.75 Å². The van der Waals surface area contributed by atoms with E-state index >= 15 is 0 Å². The maximum atomic E-state index is 6.29. The molecule has 0 aliphatic heterocycles. The molecule has 252 valence electrons. The third-order valence-electron chi connectivity index (χ3n) is 10.1. The summed E-state index contributed by atoms with van der Waals surface area (Å²) in [6.07, 6.45) is 5.09. The summed E-state index contributed by atoms with van der Waals surface area (Å²) in [6, 6.07) is 30.0. The quantitative estimate of drug-likeness (QED) is 0.184. The molecule has 0 amide bonds. The van der Waals surface area contributed by atoms with Crippen molar-refractivity contribution in [3.05, 3.63) is 123 Å². The van der Waals surface area contributed by atoms with Crippen LogP contribution in [0.25, 0.3) is 34.4 Å². The Morgan fingerprint density at radius 3 is 1.77 bits per heavy atom. The van der Waals surface area contributed by atoms with Gasteiger partial charge in [0.25, 0.3) is 0 Å². The Hall–Kier alpha value is -2.16. The van der Waals surface area contributed by atoms with Gasteiger partial charge >= 0.3 is 288 Å². The Balaban J connectivity index is 0.00000260. The standard InChI is InChI=1S/C21H23O.C20H21.C2H6Si.2ClH.Zr/c1-14-11-16-13-18(21(2,3)4)20(22-5)19(17(16)12-14)15-9-7-6-8-10-15;1-14-12-16-6-5-7-18(19(16)13-14)15-8-10-17(11-9-15)20(2,3)4;1-3-2;;;/h6-13H,1-5H3;5-13H,1-4H3;1-2H3;2*1H;. The van der Waals surface area contributed by atoms with Crippen molar-refractivity contribution in [2.75, 3.05) is 7.11 Å². The zero-order chi connectivity index (χ0) is 33.1. The molecule has 6 rings (SSSR count). The van der Waals surface area contributed by atoms with Crippen molar-refractivity contribution in [1.82, 2.24) is 0 Å². The van der Waals surface area contributed by atoms with Gasteiger partial charge in [-0.15, -0.1) is 24.8 Å². The number of fused-ring (bicyclic) bond motifs is 2. The summed E-state index contributed by atoms with van der Waals surface area (Å²) in [4.78, 5) is 0. The minimum atomic E-state index is -2.25. The van der Waals surface area contributed by atoms with E-state index in [-0.39, 0.29) is 35.6 Å². The van der Waals surface area contributed by atoms with Crippen LogP contribution in [0.4, 0.5) is 0 Å². The maximum absolute atomic E-state index is 6.29. The van der Waals surface area contributed by atoms with Gasteiger partial charge < -0.3 is 0 Å². The molecule has 2 atom stereocenters. The first-order valence-corrected chi connectivity index (χ1v) is 25.8. The Bertz CT molecular complexity index is 1920. The summed E-state index contributed by atoms with van der Waals surface area (Å²) < 4.78 is 7.44. The van der Waals surface area contributed by atoms with Crippen LogP contribution in [0.2, 0.25) is 13.1 Å². The van der Waals surface area contributed by atoms with Crippen LogP contribution in [-0.2, 0) is 31.2 Å². The van der Waals surface area contributed by atoms with E-state index in [1.165, 1.54) is 44.5 Å². The van der Waals surface area contributed by atoms with E-state index < -0.39 is 25.8 Å². The fraction of sp³-hybridized carbons (Fsp3) is 0.349. The summed E-state index contributed by atoms with van der Waals surface area (Å²) >= 11 is -2.25. The van der Waals surface area contributed by atoms with Gasteiger partial charge in [-0.3, -0.25) is 0 Å². The third-order valence-corrected chi connectivity index (χ3v) is 30.0. The first kappa shape index (κ1) is 38.6. The molecule has 0 N–H and O–H groups in total. The van der Waals surface area contributed by atoms with E-state index in [1.807, 2.05) is 7.11 Å². The van der Waals surface area contributed by atoms with Gasteiger partial charge in [-0.25, -0.2) is 0 Å². The van der Waals surface area contributed by atoms with E-state index in [2.05, 4.69) is 159 Å². The van der Waals surface area contributed by atoms with Crippen LogP contribution in [0, 0.1) is 0 Å². The second kappa shape index (κ2) is 14.6. The maximum Gasteiger partial charge on any atom is -0.147 e. The fourth-order valence-corrected chi connectivity index (χ4v) is 28.5. The molecule has 5 heteroatoms. The van der Waals surface area contributed by atoms with Gasteiger partial charge in [0, 0.05) is 0 Å². The zero-order valence-electron chi connectivity index (χ0n) is 30.5. The molecular formula is C43H52Cl2OSiZr. The first-order valence-electron chi connectivity index (χ1n) is 16.8. The van der Waals surface area contributed by atoms with E-state index in [1.54, 1.807) is 22.3 Å². The molecule has 0 saturated carbocycles. The Labute approximate surface area is 310 Å². The van der Waals surface area contributed by atoms with Crippen LogP contribution >= 0.6 is 24.8 Å². The van der Waals surface area contributed by atoms with Crippen molar-refractivity contribution < 1.29 is 25.1 Å². The molecule has 2 unspecified atom stereocenters. The molecule has 4 aromatic carbocycles. The second-order valence-electron chi connectivity index (χ2n) is 15.7. The normalized spacial score (nSPS) is 16.6. The predicted octanol–water partition coefficient (Wildman–Crippen LogP) is 13.0. The van der Waals surface area contributed by atoms with Crippen LogP contribution in [-0.4, -0.2) is 12.5 Å². The minimum absolute atomic E-state index is 0. The second-order valence-corrected chi connectivity index (χ2v) is 33.6. The van der Waals surface area contributed by atoms with Crippen LogP contribution in [0.1, 0.15) is 96.0 Å². The SMILES string of the molecule is COc1c(C(C)(C)C)cc2c(c1-c1ccccc1)C=C(C)[CH]2[Zr]([CH]1C(C)=Cc2c(-c3ccc(C(C)(C)C)cc3)cccc21)=[Si](C)C.Cl.Cl. The van der Waals surface area contributed by atoms with Crippen molar-refractivity contribution in [1.29, 1.82) is 0 Å². The van der Waals surface area contributed by atoms with Crippen LogP contribution in [0.3, 0.4) is 0 Å². The van der Waals surface area contributed by atoms with Gasteiger partial charge in [-0.05, 0) is 0 Å². The number of rotatable bonds is 5. The predicted molar refractivity (Wildman–Crippen MR) is 212 cm³/mol. The molecule has 48 heavy (non-hydrogen) atoms. The average molecular weight is 775 g/mol. The zero-order valence-corrected chi connectivity index (χ0v) is 35.6. The molecule has 0 saturated heterocycles. The molecule has 0 heterocycles. The van der Waals surface area contributed by atoms with Crippen molar-refractivity contribution in [2.24, 2.45) is 0 Å². The molecule has 2 aliphatic carbocycles. The number of hydrogen-bond acceptors (Lipinski definition) is 1. The first-order chi connectivity index (χ1) is 21.7. The summed E-state index contributed by atoms with van der Waals surface area (Å²) in [7, 11) is 1.85. The van der Waals surface area contributed by atoms with Crippen LogP contribution < -0.4 is 4.74 Å². The number of methoxy groups -OCH3 is 1. The van der Waals surface area contributed by atoms with Gasteiger partial charge in [0.15, 0.2) is 0 Å².